The normalized spacial score (nSPS) is 13.8. The Morgan fingerprint density at radius 3 is 1.25 bits per heavy atom. The van der Waals surface area contributed by atoms with Gasteiger partial charge in [-0.2, -0.15) is 0 Å². The molecule has 4 nitrogen and oxygen atoms in total. The van der Waals surface area contributed by atoms with E-state index in [4.69, 9.17) is 10.2 Å². The van der Waals surface area contributed by atoms with Crippen molar-refractivity contribution in [1.29, 1.82) is 0 Å². The van der Waals surface area contributed by atoms with E-state index in [0.29, 0.717) is 24.7 Å². The fourth-order valence-electron chi connectivity index (χ4n) is 5.07. The lowest BCUT2D eigenvalue weighted by Crippen LogP contribution is -2.11. The van der Waals surface area contributed by atoms with Gasteiger partial charge in [-0.25, -0.2) is 0 Å². The summed E-state index contributed by atoms with van der Waals surface area (Å²) >= 11 is 0. The Morgan fingerprint density at radius 1 is 0.500 bits per heavy atom. The molecule has 0 amide bonds. The van der Waals surface area contributed by atoms with Gasteiger partial charge in [-0.3, -0.25) is 9.59 Å². The van der Waals surface area contributed by atoms with E-state index in [0.717, 1.165) is 51.4 Å². The Balaban J connectivity index is 4.69. The average molecular weight is 559 g/mol. The molecule has 2 N–H and O–H groups in total. The van der Waals surface area contributed by atoms with Crippen molar-refractivity contribution in [2.45, 2.75) is 155 Å². The summed E-state index contributed by atoms with van der Waals surface area (Å²) in [6.45, 7) is 4.55. The number of hydrogen-bond acceptors (Lipinski definition) is 2. The highest BCUT2D eigenvalue weighted by molar-refractivity contribution is 5.66. The molecular weight excluding hydrogens is 496 g/mol. The Hall–Kier alpha value is -2.10. The van der Waals surface area contributed by atoms with Crippen molar-refractivity contribution in [3.8, 4) is 0 Å². The largest absolute Gasteiger partial charge is 0.481 e. The summed E-state index contributed by atoms with van der Waals surface area (Å²) in [5, 5.41) is 17.4. The van der Waals surface area contributed by atoms with Gasteiger partial charge in [0, 0.05) is 12.8 Å². The van der Waals surface area contributed by atoms with Crippen LogP contribution in [0.3, 0.4) is 0 Å². The highest BCUT2D eigenvalue weighted by Crippen LogP contribution is 2.27. The van der Waals surface area contributed by atoms with Gasteiger partial charge in [-0.05, 0) is 63.2 Å². The van der Waals surface area contributed by atoms with E-state index >= 15 is 0 Å². The molecule has 0 saturated carbocycles. The first-order valence-electron chi connectivity index (χ1n) is 16.6. The molecule has 0 aliphatic heterocycles. The molecule has 0 fully saturated rings. The van der Waals surface area contributed by atoms with Crippen molar-refractivity contribution in [3.63, 3.8) is 0 Å². The van der Waals surface area contributed by atoms with Crippen LogP contribution in [0.1, 0.15) is 155 Å². The third kappa shape index (κ3) is 27.5. The zero-order chi connectivity index (χ0) is 29.5. The van der Waals surface area contributed by atoms with Crippen LogP contribution in [0.2, 0.25) is 0 Å². The van der Waals surface area contributed by atoms with Crippen molar-refractivity contribution in [2.24, 2.45) is 11.8 Å². The standard InChI is InChI=1S/C36H62O4/c1-3-5-21-27-33(29-23-17-13-9-7-11-15-19-25-31-35(37)38)34(28-22-6-4-2)30-24-18-14-10-8-12-16-20-26-32-36(39)40/h13-14,17-18,23-24,29-30,33-34H,3-12,15-16,19-22,25-28,31-32H2,1-2H3,(H,37,38)(H,39,40). The Labute approximate surface area is 247 Å². The fourth-order valence-corrected chi connectivity index (χ4v) is 5.07. The Morgan fingerprint density at radius 2 is 0.875 bits per heavy atom. The molecule has 0 aromatic carbocycles. The Bertz CT molecular complexity index is 644. The number of allylic oxidation sites excluding steroid dienone is 8. The maximum atomic E-state index is 10.6. The zero-order valence-corrected chi connectivity index (χ0v) is 26.0. The molecule has 4 heteroatoms. The van der Waals surface area contributed by atoms with Gasteiger partial charge in [0.25, 0.3) is 0 Å². The van der Waals surface area contributed by atoms with Crippen LogP contribution >= 0.6 is 0 Å². The van der Waals surface area contributed by atoms with Crippen molar-refractivity contribution in [2.75, 3.05) is 0 Å². The van der Waals surface area contributed by atoms with Gasteiger partial charge < -0.3 is 10.2 Å². The maximum absolute atomic E-state index is 10.6. The predicted molar refractivity (Wildman–Crippen MR) is 172 cm³/mol. The van der Waals surface area contributed by atoms with Crippen molar-refractivity contribution >= 4 is 11.9 Å². The first-order valence-corrected chi connectivity index (χ1v) is 16.6. The summed E-state index contributed by atoms with van der Waals surface area (Å²) in [6.07, 6.45) is 42.1. The molecule has 0 saturated heterocycles. The summed E-state index contributed by atoms with van der Waals surface area (Å²) in [5.74, 6) is -0.204. The van der Waals surface area contributed by atoms with E-state index < -0.39 is 11.9 Å². The quantitative estimate of drug-likeness (QED) is 0.0707. The molecule has 0 bridgehead atoms. The second-order valence-corrected chi connectivity index (χ2v) is 11.3. The third-order valence-electron chi connectivity index (χ3n) is 7.57. The second kappa shape index (κ2) is 29.9. The number of carboxylic acids is 2. The molecule has 0 spiro atoms. The van der Waals surface area contributed by atoms with Crippen LogP contribution in [0.5, 0.6) is 0 Å². The van der Waals surface area contributed by atoms with E-state index in [2.05, 4.69) is 62.5 Å². The molecule has 0 radical (unpaired) electrons. The Kier molecular flexibility index (Phi) is 28.3. The number of rotatable bonds is 29. The highest BCUT2D eigenvalue weighted by Gasteiger charge is 2.15. The highest BCUT2D eigenvalue weighted by atomic mass is 16.4. The minimum absolute atomic E-state index is 0.299. The van der Waals surface area contributed by atoms with Crippen molar-refractivity contribution < 1.29 is 19.8 Å². The van der Waals surface area contributed by atoms with Crippen LogP contribution < -0.4 is 0 Å². The number of unbranched alkanes of at least 4 members (excludes halogenated alkanes) is 14. The van der Waals surface area contributed by atoms with Gasteiger partial charge in [0.15, 0.2) is 0 Å². The molecule has 40 heavy (non-hydrogen) atoms. The molecule has 2 atom stereocenters. The van der Waals surface area contributed by atoms with Crippen LogP contribution in [0.25, 0.3) is 0 Å². The van der Waals surface area contributed by atoms with Crippen LogP contribution in [0.15, 0.2) is 48.6 Å². The summed E-state index contributed by atoms with van der Waals surface area (Å²) in [4.78, 5) is 21.2. The number of hydrogen-bond donors (Lipinski definition) is 2. The van der Waals surface area contributed by atoms with E-state index in [-0.39, 0.29) is 0 Å². The summed E-state index contributed by atoms with van der Waals surface area (Å²) in [5.41, 5.74) is 0. The van der Waals surface area contributed by atoms with Gasteiger partial charge in [-0.1, -0.05) is 140 Å². The molecule has 0 aromatic rings. The van der Waals surface area contributed by atoms with E-state index in [1.165, 1.54) is 77.0 Å². The molecule has 0 rings (SSSR count). The topological polar surface area (TPSA) is 74.6 Å². The number of aliphatic carboxylic acids is 2. The lowest BCUT2D eigenvalue weighted by molar-refractivity contribution is -0.138. The van der Waals surface area contributed by atoms with Gasteiger partial charge in [0.2, 0.25) is 0 Å². The third-order valence-corrected chi connectivity index (χ3v) is 7.57. The van der Waals surface area contributed by atoms with Gasteiger partial charge >= 0.3 is 11.9 Å². The summed E-state index contributed by atoms with van der Waals surface area (Å²) in [7, 11) is 0. The molecule has 0 heterocycles. The van der Waals surface area contributed by atoms with Crippen LogP contribution in [-0.4, -0.2) is 22.2 Å². The van der Waals surface area contributed by atoms with Crippen molar-refractivity contribution in [1.82, 2.24) is 0 Å². The summed E-state index contributed by atoms with van der Waals surface area (Å²) in [6, 6.07) is 0. The summed E-state index contributed by atoms with van der Waals surface area (Å²) < 4.78 is 0. The minimum Gasteiger partial charge on any atom is -0.481 e. The van der Waals surface area contributed by atoms with E-state index in [1.54, 1.807) is 0 Å². The lowest BCUT2D eigenvalue weighted by Gasteiger charge is -2.22. The SMILES string of the molecule is CCCCCC(C=CC=CCCCCCCCC(=O)O)C(C=CC=CCCCCCCCC(=O)O)CCCCC. The van der Waals surface area contributed by atoms with Crippen LogP contribution in [0.4, 0.5) is 0 Å². The predicted octanol–water partition coefficient (Wildman–Crippen LogP) is 11.2. The monoisotopic (exact) mass is 558 g/mol. The average Bonchev–Trinajstić information content (AvgIpc) is 2.92. The number of carbonyl (C=O) groups is 2. The van der Waals surface area contributed by atoms with Crippen LogP contribution in [0, 0.1) is 11.8 Å². The van der Waals surface area contributed by atoms with Crippen LogP contribution in [-0.2, 0) is 9.59 Å². The molecule has 0 aliphatic carbocycles. The first kappa shape index (κ1) is 37.9. The van der Waals surface area contributed by atoms with Gasteiger partial charge in [0.1, 0.15) is 0 Å². The maximum Gasteiger partial charge on any atom is 0.303 e. The smallest absolute Gasteiger partial charge is 0.303 e. The van der Waals surface area contributed by atoms with Crippen molar-refractivity contribution in [3.05, 3.63) is 48.6 Å². The van der Waals surface area contributed by atoms with E-state index in [9.17, 15) is 9.59 Å². The second-order valence-electron chi connectivity index (χ2n) is 11.3. The molecule has 2 unspecified atom stereocenters. The van der Waals surface area contributed by atoms with Gasteiger partial charge in [-0.15, -0.1) is 0 Å². The molecule has 0 aromatic heterocycles. The minimum atomic E-state index is -0.683. The zero-order valence-electron chi connectivity index (χ0n) is 26.0. The first-order chi connectivity index (χ1) is 19.5. The molecule has 230 valence electrons. The number of carboxylic acid groups (broad SMARTS) is 2. The lowest BCUT2D eigenvalue weighted by atomic mass is 9.83. The van der Waals surface area contributed by atoms with Gasteiger partial charge in [0.05, 0.1) is 0 Å². The van der Waals surface area contributed by atoms with E-state index in [1.807, 2.05) is 0 Å². The molecular formula is C36H62O4. The molecule has 0 aliphatic rings. The fraction of sp³-hybridized carbons (Fsp3) is 0.722.